The van der Waals surface area contributed by atoms with Gasteiger partial charge < -0.3 is 15.0 Å². The molecule has 1 saturated heterocycles. The molecule has 0 bridgehead atoms. The van der Waals surface area contributed by atoms with E-state index in [0.29, 0.717) is 11.8 Å². The highest BCUT2D eigenvalue weighted by Crippen LogP contribution is 2.23. The van der Waals surface area contributed by atoms with Crippen LogP contribution in [0.1, 0.15) is 33.6 Å². The number of rotatable bonds is 4. The van der Waals surface area contributed by atoms with Crippen molar-refractivity contribution in [3.05, 3.63) is 18.2 Å². The number of hydrogen-bond acceptors (Lipinski definition) is 4. The van der Waals surface area contributed by atoms with Crippen LogP contribution in [0.2, 0.25) is 0 Å². The summed E-state index contributed by atoms with van der Waals surface area (Å²) in [6.07, 6.45) is 2.53. The fourth-order valence-corrected chi connectivity index (χ4v) is 2.58. The van der Waals surface area contributed by atoms with Crippen molar-refractivity contribution >= 4 is 5.82 Å². The Morgan fingerprint density at radius 3 is 2.90 bits per heavy atom. The largest absolute Gasteiger partial charge is 0.481 e. The predicted molar refractivity (Wildman–Crippen MR) is 83.5 cm³/mol. The number of methoxy groups -OCH3 is 1. The fraction of sp³-hybridized carbons (Fsp3) is 0.688. The summed E-state index contributed by atoms with van der Waals surface area (Å²) < 4.78 is 5.21. The molecule has 1 aromatic rings. The zero-order valence-electron chi connectivity index (χ0n) is 13.1. The van der Waals surface area contributed by atoms with Crippen molar-refractivity contribution in [2.24, 2.45) is 5.92 Å². The summed E-state index contributed by atoms with van der Waals surface area (Å²) in [5.41, 5.74) is 0.191. The molecule has 0 amide bonds. The lowest BCUT2D eigenvalue weighted by molar-refractivity contribution is 0.334. The van der Waals surface area contributed by atoms with E-state index < -0.39 is 0 Å². The Morgan fingerprint density at radius 1 is 1.40 bits per heavy atom. The van der Waals surface area contributed by atoms with Gasteiger partial charge in [0, 0.05) is 31.2 Å². The molecule has 4 heteroatoms. The van der Waals surface area contributed by atoms with Crippen LogP contribution in [0.5, 0.6) is 5.88 Å². The number of anilines is 1. The lowest BCUT2D eigenvalue weighted by Gasteiger charge is -2.35. The van der Waals surface area contributed by atoms with Crippen LogP contribution in [-0.2, 0) is 0 Å². The Kier molecular flexibility index (Phi) is 4.86. The minimum atomic E-state index is 0.191. The monoisotopic (exact) mass is 277 g/mol. The molecule has 1 fully saturated rings. The van der Waals surface area contributed by atoms with Crippen molar-refractivity contribution in [2.75, 3.05) is 31.6 Å². The molecule has 1 aliphatic rings. The molecule has 2 rings (SSSR count). The molecule has 0 aliphatic carbocycles. The molecule has 112 valence electrons. The number of ether oxygens (including phenoxy) is 1. The summed E-state index contributed by atoms with van der Waals surface area (Å²) in [6, 6.07) is 5.98. The highest BCUT2D eigenvalue weighted by molar-refractivity contribution is 5.41. The Morgan fingerprint density at radius 2 is 2.20 bits per heavy atom. The molecule has 1 N–H and O–H groups in total. The van der Waals surface area contributed by atoms with Crippen molar-refractivity contribution in [3.63, 3.8) is 0 Å². The second kappa shape index (κ2) is 6.44. The number of aromatic nitrogens is 1. The van der Waals surface area contributed by atoms with Gasteiger partial charge in [-0.15, -0.1) is 0 Å². The van der Waals surface area contributed by atoms with Gasteiger partial charge in [-0.3, -0.25) is 0 Å². The fourth-order valence-electron chi connectivity index (χ4n) is 2.58. The molecule has 1 aromatic heterocycles. The quantitative estimate of drug-likeness (QED) is 0.918. The Bertz CT molecular complexity index is 428. The third-order valence-corrected chi connectivity index (χ3v) is 3.68. The summed E-state index contributed by atoms with van der Waals surface area (Å²) in [7, 11) is 1.67. The van der Waals surface area contributed by atoms with Crippen LogP contribution < -0.4 is 15.0 Å². The number of hydrogen-bond donors (Lipinski definition) is 1. The van der Waals surface area contributed by atoms with Gasteiger partial charge >= 0.3 is 0 Å². The van der Waals surface area contributed by atoms with Gasteiger partial charge in [0.05, 0.1) is 7.11 Å². The molecule has 0 spiro atoms. The minimum absolute atomic E-state index is 0.191. The van der Waals surface area contributed by atoms with Gasteiger partial charge in [0.1, 0.15) is 5.82 Å². The molecule has 1 atom stereocenters. The van der Waals surface area contributed by atoms with Crippen LogP contribution >= 0.6 is 0 Å². The van der Waals surface area contributed by atoms with Crippen LogP contribution in [0.3, 0.4) is 0 Å². The predicted octanol–water partition coefficient (Wildman–Crippen LogP) is 2.69. The molecule has 4 nitrogen and oxygen atoms in total. The first-order valence-corrected chi connectivity index (χ1v) is 7.49. The summed E-state index contributed by atoms with van der Waals surface area (Å²) in [6.45, 7) is 9.89. The van der Waals surface area contributed by atoms with Crippen molar-refractivity contribution in [3.8, 4) is 5.88 Å². The average molecular weight is 277 g/mol. The number of nitrogens with zero attached hydrogens (tertiary/aromatic N) is 2. The standard InChI is InChI=1S/C16H27N3O/c1-16(2,3)17-11-13-7-6-10-19(12-13)14-8-5-9-15(18-14)20-4/h5,8-9,13,17H,6-7,10-12H2,1-4H3. The maximum atomic E-state index is 5.21. The average Bonchev–Trinajstić information content (AvgIpc) is 2.45. The van der Waals surface area contributed by atoms with Crippen LogP contribution in [-0.4, -0.2) is 37.3 Å². The van der Waals surface area contributed by atoms with Crippen LogP contribution in [0.4, 0.5) is 5.82 Å². The molecular weight excluding hydrogens is 250 g/mol. The smallest absolute Gasteiger partial charge is 0.214 e. The van der Waals surface area contributed by atoms with Crippen molar-refractivity contribution in [1.82, 2.24) is 10.3 Å². The maximum Gasteiger partial charge on any atom is 0.214 e. The van der Waals surface area contributed by atoms with Crippen LogP contribution in [0.25, 0.3) is 0 Å². The van der Waals surface area contributed by atoms with Gasteiger partial charge in [-0.2, -0.15) is 4.98 Å². The van der Waals surface area contributed by atoms with Crippen LogP contribution in [0.15, 0.2) is 18.2 Å². The number of pyridine rings is 1. The van der Waals surface area contributed by atoms with E-state index in [4.69, 9.17) is 4.74 Å². The number of piperidine rings is 1. The second-order valence-corrected chi connectivity index (χ2v) is 6.62. The Balaban J connectivity index is 1.95. The summed E-state index contributed by atoms with van der Waals surface area (Å²) in [5.74, 6) is 2.42. The van der Waals surface area contributed by atoms with Crippen molar-refractivity contribution in [2.45, 2.75) is 39.2 Å². The zero-order chi connectivity index (χ0) is 14.6. The maximum absolute atomic E-state index is 5.21. The lowest BCUT2D eigenvalue weighted by Crippen LogP contribution is -2.44. The zero-order valence-corrected chi connectivity index (χ0v) is 13.1. The van der Waals surface area contributed by atoms with Gasteiger partial charge in [0.25, 0.3) is 0 Å². The van der Waals surface area contributed by atoms with Gasteiger partial charge in [-0.25, -0.2) is 0 Å². The Hall–Kier alpha value is -1.29. The first-order valence-electron chi connectivity index (χ1n) is 7.49. The normalized spacial score (nSPS) is 20.0. The molecule has 0 saturated carbocycles. The summed E-state index contributed by atoms with van der Waals surface area (Å²) >= 11 is 0. The lowest BCUT2D eigenvalue weighted by atomic mass is 9.96. The topological polar surface area (TPSA) is 37.4 Å². The van der Waals surface area contributed by atoms with E-state index in [1.54, 1.807) is 7.11 Å². The molecule has 0 aromatic carbocycles. The molecule has 20 heavy (non-hydrogen) atoms. The molecule has 2 heterocycles. The van der Waals surface area contributed by atoms with E-state index in [-0.39, 0.29) is 5.54 Å². The first kappa shape index (κ1) is 15.1. The molecular formula is C16H27N3O. The minimum Gasteiger partial charge on any atom is -0.481 e. The van der Waals surface area contributed by atoms with Crippen molar-refractivity contribution < 1.29 is 4.74 Å². The molecule has 1 unspecified atom stereocenters. The first-order chi connectivity index (χ1) is 9.48. The summed E-state index contributed by atoms with van der Waals surface area (Å²) in [4.78, 5) is 6.92. The van der Waals surface area contributed by atoms with Gasteiger partial charge in [0.15, 0.2) is 0 Å². The number of nitrogens with one attached hydrogen (secondary N) is 1. The SMILES string of the molecule is COc1cccc(N2CCCC(CNC(C)(C)C)C2)n1. The third kappa shape index (κ3) is 4.37. The van der Waals surface area contributed by atoms with E-state index in [9.17, 15) is 0 Å². The van der Waals surface area contributed by atoms with Crippen LogP contribution in [0, 0.1) is 5.92 Å². The van der Waals surface area contributed by atoms with E-state index >= 15 is 0 Å². The van der Waals surface area contributed by atoms with E-state index in [1.807, 2.05) is 12.1 Å². The van der Waals surface area contributed by atoms with Gasteiger partial charge in [0.2, 0.25) is 5.88 Å². The van der Waals surface area contributed by atoms with Crippen molar-refractivity contribution in [1.29, 1.82) is 0 Å². The van der Waals surface area contributed by atoms with Gasteiger partial charge in [-0.1, -0.05) is 6.07 Å². The van der Waals surface area contributed by atoms with E-state index in [2.05, 4.69) is 42.0 Å². The highest BCUT2D eigenvalue weighted by atomic mass is 16.5. The second-order valence-electron chi connectivity index (χ2n) is 6.62. The molecule has 0 radical (unpaired) electrons. The van der Waals surface area contributed by atoms with E-state index in [1.165, 1.54) is 12.8 Å². The summed E-state index contributed by atoms with van der Waals surface area (Å²) in [5, 5.41) is 3.61. The Labute approximate surface area is 122 Å². The van der Waals surface area contributed by atoms with Gasteiger partial charge in [-0.05, 0) is 45.6 Å². The highest BCUT2D eigenvalue weighted by Gasteiger charge is 2.22. The third-order valence-electron chi connectivity index (χ3n) is 3.68. The molecule has 1 aliphatic heterocycles. The van der Waals surface area contributed by atoms with E-state index in [0.717, 1.165) is 25.5 Å².